The molecule has 162 valence electrons. The van der Waals surface area contributed by atoms with Crippen LogP contribution in [0.25, 0.3) is 0 Å². The Morgan fingerprint density at radius 1 is 1.31 bits per heavy atom. The molecule has 1 aliphatic heterocycles. The molecule has 1 aromatic carbocycles. The summed E-state index contributed by atoms with van der Waals surface area (Å²) in [6, 6.07) is 4.22. The van der Waals surface area contributed by atoms with Crippen LogP contribution >= 0.6 is 0 Å². The SMILES string of the molecule is CC(=O)N[C@H]1C([C@H](O)[C@H](O)CO)O[C@](Oc2ccc(C)cc2)(C(=O)O)[C@@H](F)C1O. The van der Waals surface area contributed by atoms with Crippen molar-refractivity contribution in [3.05, 3.63) is 29.8 Å². The zero-order valence-corrected chi connectivity index (χ0v) is 15.7. The predicted molar refractivity (Wildman–Crippen MR) is 94.7 cm³/mol. The van der Waals surface area contributed by atoms with Gasteiger partial charge >= 0.3 is 11.8 Å². The molecule has 11 heteroatoms. The summed E-state index contributed by atoms with van der Waals surface area (Å²) in [7, 11) is 0. The summed E-state index contributed by atoms with van der Waals surface area (Å²) in [5, 5.41) is 51.4. The van der Waals surface area contributed by atoms with E-state index in [-0.39, 0.29) is 5.75 Å². The van der Waals surface area contributed by atoms with Gasteiger partial charge in [-0.05, 0) is 19.1 Å². The molecule has 0 bridgehead atoms. The van der Waals surface area contributed by atoms with E-state index in [0.717, 1.165) is 12.5 Å². The number of carboxylic acid groups (broad SMARTS) is 1. The lowest BCUT2D eigenvalue weighted by molar-refractivity contribution is -0.309. The number of amides is 1. The Bertz CT molecular complexity index is 731. The fourth-order valence-electron chi connectivity index (χ4n) is 3.03. The molecule has 0 radical (unpaired) electrons. The maximum Gasteiger partial charge on any atom is 0.380 e. The van der Waals surface area contributed by atoms with Gasteiger partial charge in [-0.1, -0.05) is 17.7 Å². The van der Waals surface area contributed by atoms with Gasteiger partial charge in [0, 0.05) is 6.92 Å². The molecule has 0 aliphatic carbocycles. The van der Waals surface area contributed by atoms with Crippen molar-refractivity contribution in [1.29, 1.82) is 0 Å². The number of carboxylic acids is 1. The van der Waals surface area contributed by atoms with Crippen LogP contribution in [0.15, 0.2) is 24.3 Å². The summed E-state index contributed by atoms with van der Waals surface area (Å²) in [5.41, 5.74) is 0.813. The fourth-order valence-corrected chi connectivity index (χ4v) is 3.03. The van der Waals surface area contributed by atoms with E-state index >= 15 is 4.39 Å². The van der Waals surface area contributed by atoms with Gasteiger partial charge in [0.1, 0.15) is 30.2 Å². The molecule has 6 N–H and O–H groups in total. The van der Waals surface area contributed by atoms with Crippen LogP contribution in [0, 0.1) is 6.92 Å². The van der Waals surface area contributed by atoms with Crippen LogP contribution in [0.2, 0.25) is 0 Å². The number of ether oxygens (including phenoxy) is 2. The standard InChI is InChI=1S/C18H24FNO9/c1-8-3-5-10(6-4-8)28-18(17(26)27)16(19)14(25)12(20-9(2)22)15(29-18)13(24)11(23)7-21/h3-6,11-16,21,23-25H,7H2,1-2H3,(H,20,22)(H,26,27)/t11-,12-,13-,14?,15?,16+,18+/m1/s1. The van der Waals surface area contributed by atoms with E-state index in [9.17, 15) is 30.0 Å². The van der Waals surface area contributed by atoms with Crippen LogP contribution in [0.5, 0.6) is 5.75 Å². The van der Waals surface area contributed by atoms with Crippen LogP contribution in [-0.2, 0) is 14.3 Å². The molecular weight excluding hydrogens is 393 g/mol. The third kappa shape index (κ3) is 4.65. The number of hydrogen-bond donors (Lipinski definition) is 6. The van der Waals surface area contributed by atoms with E-state index in [1.54, 1.807) is 19.1 Å². The van der Waals surface area contributed by atoms with Gasteiger partial charge in [-0.25, -0.2) is 9.18 Å². The maximum atomic E-state index is 15.1. The zero-order chi connectivity index (χ0) is 21.9. The molecule has 1 saturated heterocycles. The van der Waals surface area contributed by atoms with Crippen molar-refractivity contribution in [1.82, 2.24) is 5.32 Å². The van der Waals surface area contributed by atoms with Gasteiger partial charge in [0.25, 0.3) is 0 Å². The number of aliphatic hydroxyl groups is 4. The van der Waals surface area contributed by atoms with E-state index in [4.69, 9.17) is 14.6 Å². The number of benzene rings is 1. The van der Waals surface area contributed by atoms with Crippen molar-refractivity contribution < 1.29 is 49.0 Å². The van der Waals surface area contributed by atoms with Gasteiger partial charge in [-0.2, -0.15) is 0 Å². The number of nitrogens with one attached hydrogen (secondary N) is 1. The lowest BCUT2D eigenvalue weighted by Crippen LogP contribution is -2.74. The van der Waals surface area contributed by atoms with E-state index in [0.29, 0.717) is 0 Å². The second-order valence-corrected chi connectivity index (χ2v) is 6.83. The second kappa shape index (κ2) is 9.01. The van der Waals surface area contributed by atoms with Gasteiger partial charge in [0.05, 0.1) is 12.6 Å². The van der Waals surface area contributed by atoms with Crippen LogP contribution < -0.4 is 10.1 Å². The number of rotatable bonds is 7. The Balaban J connectivity index is 2.49. The van der Waals surface area contributed by atoms with E-state index in [1.807, 2.05) is 0 Å². The molecule has 2 rings (SSSR count). The third-order valence-electron chi connectivity index (χ3n) is 4.57. The largest absolute Gasteiger partial charge is 0.476 e. The van der Waals surface area contributed by atoms with Crippen molar-refractivity contribution in [2.24, 2.45) is 0 Å². The highest BCUT2D eigenvalue weighted by Gasteiger charge is 2.64. The normalized spacial score (nSPS) is 31.6. The highest BCUT2D eigenvalue weighted by atomic mass is 19.1. The molecule has 1 aromatic rings. The van der Waals surface area contributed by atoms with Crippen molar-refractivity contribution in [3.63, 3.8) is 0 Å². The molecule has 1 aliphatic rings. The van der Waals surface area contributed by atoms with Gasteiger partial charge in [0.2, 0.25) is 12.1 Å². The summed E-state index contributed by atoms with van der Waals surface area (Å²) >= 11 is 0. The van der Waals surface area contributed by atoms with E-state index in [1.165, 1.54) is 12.1 Å². The molecule has 29 heavy (non-hydrogen) atoms. The minimum Gasteiger partial charge on any atom is -0.476 e. The molecule has 10 nitrogen and oxygen atoms in total. The maximum absolute atomic E-state index is 15.1. The van der Waals surface area contributed by atoms with Gasteiger partial charge in [-0.3, -0.25) is 4.79 Å². The summed E-state index contributed by atoms with van der Waals surface area (Å²) in [5.74, 6) is -5.86. The summed E-state index contributed by atoms with van der Waals surface area (Å²) in [4.78, 5) is 23.4. The fraction of sp³-hybridized carbons (Fsp3) is 0.556. The first-order valence-corrected chi connectivity index (χ1v) is 8.76. The molecular formula is C18H24FNO9. The second-order valence-electron chi connectivity index (χ2n) is 6.83. The topological polar surface area (TPSA) is 166 Å². The third-order valence-corrected chi connectivity index (χ3v) is 4.57. The van der Waals surface area contributed by atoms with Gasteiger partial charge in [0.15, 0.2) is 0 Å². The van der Waals surface area contributed by atoms with Crippen LogP contribution in [0.3, 0.4) is 0 Å². The first-order chi connectivity index (χ1) is 13.5. The first kappa shape index (κ1) is 23.0. The quantitative estimate of drug-likeness (QED) is 0.309. The average molecular weight is 417 g/mol. The average Bonchev–Trinajstić information content (AvgIpc) is 2.67. The number of carbonyl (C=O) groups excluding carboxylic acids is 1. The van der Waals surface area contributed by atoms with Gasteiger partial charge in [-0.15, -0.1) is 0 Å². The highest BCUT2D eigenvalue weighted by Crippen LogP contribution is 2.36. The monoisotopic (exact) mass is 417 g/mol. The first-order valence-electron chi connectivity index (χ1n) is 8.76. The lowest BCUT2D eigenvalue weighted by atomic mass is 9.87. The molecule has 1 fully saturated rings. The minimum absolute atomic E-state index is 0.0956. The zero-order valence-electron chi connectivity index (χ0n) is 15.7. The summed E-state index contributed by atoms with van der Waals surface area (Å²) < 4.78 is 25.6. The Hall–Kier alpha value is -2.31. The van der Waals surface area contributed by atoms with Crippen molar-refractivity contribution in [2.45, 2.75) is 56.3 Å². The van der Waals surface area contributed by atoms with E-state index in [2.05, 4.69) is 5.32 Å². The minimum atomic E-state index is -3.09. The van der Waals surface area contributed by atoms with Crippen LogP contribution in [0.1, 0.15) is 12.5 Å². The van der Waals surface area contributed by atoms with Crippen molar-refractivity contribution in [2.75, 3.05) is 6.61 Å². The number of hydrogen-bond acceptors (Lipinski definition) is 8. The Labute approximate surface area is 165 Å². The van der Waals surface area contributed by atoms with Gasteiger partial charge < -0.3 is 40.3 Å². The molecule has 7 atom stereocenters. The van der Waals surface area contributed by atoms with Crippen molar-refractivity contribution in [3.8, 4) is 5.75 Å². The summed E-state index contributed by atoms with van der Waals surface area (Å²) in [6.07, 6.45) is -10.5. The number of aliphatic carboxylic acids is 1. The number of carbonyl (C=O) groups is 2. The van der Waals surface area contributed by atoms with Crippen LogP contribution in [-0.4, -0.2) is 86.4 Å². The molecule has 0 saturated carbocycles. The Morgan fingerprint density at radius 2 is 1.90 bits per heavy atom. The van der Waals surface area contributed by atoms with E-state index < -0.39 is 60.9 Å². The van der Waals surface area contributed by atoms with Crippen LogP contribution in [0.4, 0.5) is 4.39 Å². The smallest absolute Gasteiger partial charge is 0.380 e. The summed E-state index contributed by atoms with van der Waals surface area (Å²) in [6.45, 7) is 1.87. The highest BCUT2D eigenvalue weighted by molar-refractivity contribution is 5.78. The molecule has 0 spiro atoms. The lowest BCUT2D eigenvalue weighted by Gasteiger charge is -2.48. The van der Waals surface area contributed by atoms with Crippen molar-refractivity contribution >= 4 is 11.9 Å². The number of aliphatic hydroxyl groups excluding tert-OH is 4. The Morgan fingerprint density at radius 3 is 2.38 bits per heavy atom. The molecule has 1 amide bonds. The number of halogens is 1. The predicted octanol–water partition coefficient (Wildman–Crippen LogP) is -1.53. The number of alkyl halides is 1. The molecule has 0 aromatic heterocycles. The molecule has 2 unspecified atom stereocenters. The Kier molecular flexibility index (Phi) is 7.14. The molecule has 1 heterocycles. The number of aryl methyl sites for hydroxylation is 1.